The van der Waals surface area contributed by atoms with Crippen LogP contribution in [0.1, 0.15) is 26.3 Å². The summed E-state index contributed by atoms with van der Waals surface area (Å²) >= 11 is 0. The number of hydrogen-bond donors (Lipinski definition) is 7. The number of rotatable bonds is 11. The largest absolute Gasteiger partial charge is 0.438 e. The summed E-state index contributed by atoms with van der Waals surface area (Å²) in [5.74, 6) is 1.54. The number of nitrogens with one attached hydrogen (secondary N) is 6. The van der Waals surface area contributed by atoms with Gasteiger partial charge in [0, 0.05) is 69.1 Å². The van der Waals surface area contributed by atoms with Crippen molar-refractivity contribution in [3.63, 3.8) is 0 Å². The minimum Gasteiger partial charge on any atom is -0.438 e. The first-order valence-electron chi connectivity index (χ1n) is 15.5. The second-order valence-electron chi connectivity index (χ2n) is 12.5. The number of benzene rings is 4. The van der Waals surface area contributed by atoms with E-state index < -0.39 is 11.4 Å². The third-order valence-corrected chi connectivity index (χ3v) is 8.81. The van der Waals surface area contributed by atoms with Crippen LogP contribution in [0.25, 0.3) is 10.8 Å². The molecule has 0 saturated carbocycles. The number of amides is 2. The van der Waals surface area contributed by atoms with Crippen LogP contribution < -0.4 is 37.0 Å². The van der Waals surface area contributed by atoms with Crippen LogP contribution in [-0.2, 0) is 0 Å². The lowest BCUT2D eigenvalue weighted by molar-refractivity contribution is 0.254. The topological polar surface area (TPSA) is 174 Å². The molecule has 5 aromatic rings. The van der Waals surface area contributed by atoms with Gasteiger partial charge in [-0.25, -0.2) is 9.78 Å². The van der Waals surface area contributed by atoms with Gasteiger partial charge in [0.2, 0.25) is 11.8 Å². The Morgan fingerprint density at radius 3 is 2.33 bits per heavy atom. The molecule has 0 atom stereocenters. The molecule has 12 heteroatoms. The van der Waals surface area contributed by atoms with E-state index in [0.29, 0.717) is 51.7 Å². The maximum atomic E-state index is 13.4. The maximum Gasteiger partial charge on any atom is 0.324 e. The quantitative estimate of drug-likeness (QED) is 0.0420. The van der Waals surface area contributed by atoms with Crippen molar-refractivity contribution < 1.29 is 9.53 Å². The molecule has 0 aliphatic heterocycles. The van der Waals surface area contributed by atoms with Crippen LogP contribution in [0.3, 0.4) is 0 Å². The van der Waals surface area contributed by atoms with E-state index in [1.807, 2.05) is 57.2 Å². The SMILES string of the molecule is CP(C)c1ccc(N/C(=C\C(=N)C(C)(C)C)NC(=O)Nc2ccc(Oc3ccnc(Nc4ccc(N)c(C=N)c4)n3)c3ccccc23)cc1. The van der Waals surface area contributed by atoms with Gasteiger partial charge in [-0.1, -0.05) is 65.1 Å². The van der Waals surface area contributed by atoms with Crippen LogP contribution in [0.5, 0.6) is 11.6 Å². The molecule has 0 aliphatic rings. The summed E-state index contributed by atoms with van der Waals surface area (Å²) in [6.07, 6.45) is 4.41. The van der Waals surface area contributed by atoms with E-state index in [-0.39, 0.29) is 7.92 Å². The molecule has 0 saturated heterocycles. The van der Waals surface area contributed by atoms with Crippen LogP contribution in [-0.4, -0.2) is 41.3 Å². The summed E-state index contributed by atoms with van der Waals surface area (Å²) < 4.78 is 6.21. The predicted molar refractivity (Wildman–Crippen MR) is 204 cm³/mol. The van der Waals surface area contributed by atoms with Gasteiger partial charge in [-0.2, -0.15) is 4.98 Å². The summed E-state index contributed by atoms with van der Waals surface area (Å²) in [6, 6.07) is 25.6. The number of carbonyl (C=O) groups is 1. The Bertz CT molecular complexity index is 2040. The summed E-state index contributed by atoms with van der Waals surface area (Å²) in [7, 11) is -0.230. The number of allylic oxidation sites excluding steroid dienone is 1. The Balaban J connectivity index is 1.34. The first-order chi connectivity index (χ1) is 23.4. The zero-order valence-corrected chi connectivity index (χ0v) is 28.9. The molecular weight excluding hydrogens is 633 g/mol. The minimum absolute atomic E-state index is 0.230. The normalized spacial score (nSPS) is 11.6. The highest BCUT2D eigenvalue weighted by molar-refractivity contribution is 7.64. The number of hydrogen-bond acceptors (Lipinski definition) is 9. The van der Waals surface area contributed by atoms with Crippen molar-refractivity contribution in [3.05, 3.63) is 109 Å². The Kier molecular flexibility index (Phi) is 10.5. The zero-order chi connectivity index (χ0) is 35.1. The molecule has 0 fully saturated rings. The molecule has 0 unspecified atom stereocenters. The van der Waals surface area contributed by atoms with E-state index in [1.54, 1.807) is 48.7 Å². The Hall–Kier alpha value is -5.80. The van der Waals surface area contributed by atoms with E-state index in [9.17, 15) is 4.79 Å². The number of nitrogens with two attached hydrogens (primary N) is 1. The number of urea groups is 1. The van der Waals surface area contributed by atoms with E-state index in [1.165, 1.54) is 11.5 Å². The number of fused-ring (bicyclic) bond motifs is 1. The van der Waals surface area contributed by atoms with Crippen molar-refractivity contribution in [1.82, 2.24) is 15.3 Å². The average molecular weight is 674 g/mol. The Labute approximate surface area is 287 Å². The molecular formula is C37H40N9O2P. The van der Waals surface area contributed by atoms with E-state index >= 15 is 0 Å². The lowest BCUT2D eigenvalue weighted by Crippen LogP contribution is -2.32. The molecule has 49 heavy (non-hydrogen) atoms. The van der Waals surface area contributed by atoms with Gasteiger partial charge in [-0.15, -0.1) is 0 Å². The molecule has 0 spiro atoms. The monoisotopic (exact) mass is 673 g/mol. The molecule has 1 aromatic heterocycles. The standard InChI is InChI=1S/C37H40N9O2P/c1-37(2,3)32(40)21-33(42-24-10-13-26(14-11-24)49(4)5)45-36(47)44-30-16-17-31(28-9-7-6-8-27(28)30)48-34-18-19-41-35(46-34)43-25-12-15-29(39)23(20-25)22-38/h6-22,38,40,42H,39H2,1-5H3,(H,41,43,46)(H2,44,45,47)/b33-21+,38-22?,40-32?. The van der Waals surface area contributed by atoms with Crippen molar-refractivity contribution in [3.8, 4) is 11.6 Å². The summed E-state index contributed by atoms with van der Waals surface area (Å²) in [6.45, 7) is 10.3. The fourth-order valence-electron chi connectivity index (χ4n) is 4.69. The highest BCUT2D eigenvalue weighted by atomic mass is 31.1. The second kappa shape index (κ2) is 15.0. The number of ether oxygens (including phenoxy) is 1. The lowest BCUT2D eigenvalue weighted by atomic mass is 9.90. The van der Waals surface area contributed by atoms with Crippen molar-refractivity contribution in [2.45, 2.75) is 20.8 Å². The third-order valence-electron chi connectivity index (χ3n) is 7.48. The van der Waals surface area contributed by atoms with Crippen LogP contribution in [0, 0.1) is 16.2 Å². The zero-order valence-electron chi connectivity index (χ0n) is 28.1. The van der Waals surface area contributed by atoms with Gasteiger partial charge in [0.25, 0.3) is 0 Å². The smallest absolute Gasteiger partial charge is 0.324 e. The number of aromatic nitrogens is 2. The number of carbonyl (C=O) groups excluding carboxylic acids is 1. The Morgan fingerprint density at radius 2 is 1.63 bits per heavy atom. The van der Waals surface area contributed by atoms with Gasteiger partial charge >= 0.3 is 6.03 Å². The summed E-state index contributed by atoms with van der Waals surface area (Å²) in [5.41, 5.74) is 8.99. The molecule has 11 nitrogen and oxygen atoms in total. The third kappa shape index (κ3) is 8.97. The maximum absolute atomic E-state index is 13.4. The van der Waals surface area contributed by atoms with Crippen LogP contribution in [0.2, 0.25) is 0 Å². The van der Waals surface area contributed by atoms with Gasteiger partial charge in [-0.3, -0.25) is 5.32 Å². The van der Waals surface area contributed by atoms with Gasteiger partial charge in [0.05, 0.1) is 5.69 Å². The molecule has 0 radical (unpaired) electrons. The number of nitrogens with zero attached hydrogens (tertiary/aromatic N) is 2. The summed E-state index contributed by atoms with van der Waals surface area (Å²) in [5, 5.41) is 31.2. The number of anilines is 5. The first kappa shape index (κ1) is 34.5. The predicted octanol–water partition coefficient (Wildman–Crippen LogP) is 8.25. The minimum atomic E-state index is -0.470. The Morgan fingerprint density at radius 1 is 0.918 bits per heavy atom. The van der Waals surface area contributed by atoms with Crippen molar-refractivity contribution in [2.75, 3.05) is 35.0 Å². The van der Waals surface area contributed by atoms with Gasteiger partial charge < -0.3 is 37.2 Å². The molecule has 4 aromatic carbocycles. The molecule has 250 valence electrons. The molecule has 0 aliphatic carbocycles. The highest BCUT2D eigenvalue weighted by Gasteiger charge is 2.18. The lowest BCUT2D eigenvalue weighted by Gasteiger charge is -2.20. The molecule has 8 N–H and O–H groups in total. The molecule has 0 bridgehead atoms. The molecule has 2 amide bonds. The molecule has 1 heterocycles. The summed E-state index contributed by atoms with van der Waals surface area (Å²) in [4.78, 5) is 22.2. The van der Waals surface area contributed by atoms with Gasteiger partial charge in [0.15, 0.2) is 0 Å². The van der Waals surface area contributed by atoms with E-state index in [4.69, 9.17) is 21.3 Å². The van der Waals surface area contributed by atoms with E-state index in [2.05, 4.69) is 56.7 Å². The average Bonchev–Trinajstić information content (AvgIpc) is 3.06. The van der Waals surface area contributed by atoms with Crippen LogP contribution >= 0.6 is 7.92 Å². The second-order valence-corrected chi connectivity index (χ2v) is 14.8. The number of nitrogen functional groups attached to an aromatic ring is 1. The van der Waals surface area contributed by atoms with Crippen molar-refractivity contribution >= 4 is 70.7 Å². The fourth-order valence-corrected chi connectivity index (χ4v) is 5.43. The van der Waals surface area contributed by atoms with E-state index in [0.717, 1.165) is 16.5 Å². The first-order valence-corrected chi connectivity index (χ1v) is 17.8. The molecule has 5 rings (SSSR count). The highest BCUT2D eigenvalue weighted by Crippen LogP contribution is 2.34. The fraction of sp³-hybridized carbons (Fsp3) is 0.162. The van der Waals surface area contributed by atoms with Crippen LogP contribution in [0.15, 0.2) is 103 Å². The van der Waals surface area contributed by atoms with Crippen molar-refractivity contribution in [2.24, 2.45) is 5.41 Å². The van der Waals surface area contributed by atoms with Gasteiger partial charge in [0.1, 0.15) is 11.6 Å². The van der Waals surface area contributed by atoms with Gasteiger partial charge in [-0.05, 0) is 61.1 Å². The van der Waals surface area contributed by atoms with Crippen molar-refractivity contribution in [1.29, 1.82) is 10.8 Å². The van der Waals surface area contributed by atoms with Crippen LogP contribution in [0.4, 0.5) is 33.5 Å².